The van der Waals surface area contributed by atoms with Crippen LogP contribution in [-0.4, -0.2) is 24.4 Å². The zero-order chi connectivity index (χ0) is 14.4. The van der Waals surface area contributed by atoms with Crippen molar-refractivity contribution in [3.05, 3.63) is 48.0 Å². The summed E-state index contributed by atoms with van der Waals surface area (Å²) in [6.07, 6.45) is 0.567. The van der Waals surface area contributed by atoms with Crippen LogP contribution in [0, 0.1) is 0 Å². The maximum Gasteiger partial charge on any atom is 0.197 e. The third-order valence-electron chi connectivity index (χ3n) is 2.75. The van der Waals surface area contributed by atoms with Gasteiger partial charge in [-0.15, -0.1) is 10.2 Å². The van der Waals surface area contributed by atoms with Gasteiger partial charge in [-0.05, 0) is 24.1 Å². The van der Waals surface area contributed by atoms with Crippen LogP contribution in [0.1, 0.15) is 18.9 Å². The lowest BCUT2D eigenvalue weighted by atomic mass is 10.2. The molecular weight excluding hydrogens is 274 g/mol. The predicted octanol–water partition coefficient (Wildman–Crippen LogP) is 2.27. The van der Waals surface area contributed by atoms with E-state index >= 15 is 0 Å². The average Bonchev–Trinajstić information content (AvgIpc) is 2.47. The predicted molar refractivity (Wildman–Crippen MR) is 78.1 cm³/mol. The Balaban J connectivity index is 2.02. The van der Waals surface area contributed by atoms with Gasteiger partial charge in [0.25, 0.3) is 0 Å². The number of nitrogens with zero attached hydrogens (tertiary/aromatic N) is 2. The zero-order valence-electron chi connectivity index (χ0n) is 11.3. The summed E-state index contributed by atoms with van der Waals surface area (Å²) < 4.78 is 23.6. The Bertz CT molecular complexity index is 640. The lowest BCUT2D eigenvalue weighted by molar-refractivity contribution is 0.589. The first-order chi connectivity index (χ1) is 9.62. The van der Waals surface area contributed by atoms with Crippen LogP contribution < -0.4 is 5.32 Å². The monoisotopic (exact) mass is 291 g/mol. The fraction of sp³-hybridized carbons (Fsp3) is 0.286. The van der Waals surface area contributed by atoms with Crippen LogP contribution in [0.3, 0.4) is 0 Å². The smallest absolute Gasteiger partial charge is 0.197 e. The molecule has 0 saturated heterocycles. The van der Waals surface area contributed by atoms with Crippen LogP contribution in [0.5, 0.6) is 0 Å². The largest absolute Gasteiger partial charge is 0.365 e. The molecule has 106 valence electrons. The molecule has 20 heavy (non-hydrogen) atoms. The number of hydrogen-bond acceptors (Lipinski definition) is 5. The Hall–Kier alpha value is -1.95. The summed E-state index contributed by atoms with van der Waals surface area (Å²) in [5.74, 6) is 0.655. The Kier molecular flexibility index (Phi) is 4.68. The number of anilines is 1. The van der Waals surface area contributed by atoms with Crippen LogP contribution in [0.2, 0.25) is 0 Å². The van der Waals surface area contributed by atoms with Gasteiger partial charge in [-0.1, -0.05) is 37.3 Å². The highest BCUT2D eigenvalue weighted by atomic mass is 32.2. The van der Waals surface area contributed by atoms with E-state index in [4.69, 9.17) is 0 Å². The number of rotatable bonds is 6. The number of aromatic nitrogens is 2. The zero-order valence-corrected chi connectivity index (χ0v) is 12.1. The molecule has 0 aliphatic heterocycles. The van der Waals surface area contributed by atoms with Crippen molar-refractivity contribution >= 4 is 15.7 Å². The summed E-state index contributed by atoms with van der Waals surface area (Å²) in [5.41, 5.74) is 1.12. The number of sulfone groups is 1. The summed E-state index contributed by atoms with van der Waals surface area (Å²) >= 11 is 0. The minimum Gasteiger partial charge on any atom is -0.365 e. The lowest BCUT2D eigenvalue weighted by Gasteiger charge is -2.06. The molecule has 1 aromatic heterocycles. The molecule has 1 heterocycles. The van der Waals surface area contributed by atoms with Crippen molar-refractivity contribution < 1.29 is 8.42 Å². The molecular formula is C14H17N3O2S. The van der Waals surface area contributed by atoms with Gasteiger partial charge in [-0.3, -0.25) is 0 Å². The molecule has 0 spiro atoms. The third-order valence-corrected chi connectivity index (χ3v) is 4.55. The standard InChI is InChI=1S/C14H17N3O2S/c1-2-10-20(18,19)14-9-8-13(16-17-14)15-11-12-6-4-3-5-7-12/h3-9H,2,10-11H2,1H3,(H,15,16). The van der Waals surface area contributed by atoms with Crippen LogP contribution in [0.25, 0.3) is 0 Å². The van der Waals surface area contributed by atoms with Gasteiger partial charge >= 0.3 is 0 Å². The van der Waals surface area contributed by atoms with Gasteiger partial charge in [0, 0.05) is 6.54 Å². The third kappa shape index (κ3) is 3.77. The lowest BCUT2D eigenvalue weighted by Crippen LogP contribution is -2.10. The van der Waals surface area contributed by atoms with Gasteiger partial charge in [0.1, 0.15) is 5.82 Å². The van der Waals surface area contributed by atoms with Crippen LogP contribution in [0.15, 0.2) is 47.5 Å². The summed E-state index contributed by atoms with van der Waals surface area (Å²) in [6.45, 7) is 2.44. The second-order valence-corrected chi connectivity index (χ2v) is 6.47. The Morgan fingerprint density at radius 1 is 1.05 bits per heavy atom. The Labute approximate surface area is 119 Å². The molecule has 1 N–H and O–H groups in total. The first-order valence-electron chi connectivity index (χ1n) is 6.46. The van der Waals surface area contributed by atoms with Gasteiger partial charge < -0.3 is 5.32 Å². The molecule has 0 saturated carbocycles. The van der Waals surface area contributed by atoms with Crippen molar-refractivity contribution in [3.8, 4) is 0 Å². The van der Waals surface area contributed by atoms with Crippen LogP contribution in [-0.2, 0) is 16.4 Å². The van der Waals surface area contributed by atoms with Gasteiger partial charge in [-0.2, -0.15) is 0 Å². The highest BCUT2D eigenvalue weighted by molar-refractivity contribution is 7.91. The summed E-state index contributed by atoms with van der Waals surface area (Å²) in [7, 11) is -3.30. The first-order valence-corrected chi connectivity index (χ1v) is 8.11. The number of nitrogens with one attached hydrogen (secondary N) is 1. The summed E-state index contributed by atoms with van der Waals surface area (Å²) in [4.78, 5) is 0. The summed E-state index contributed by atoms with van der Waals surface area (Å²) in [6, 6.07) is 13.0. The van der Waals surface area contributed by atoms with E-state index in [2.05, 4.69) is 15.5 Å². The van der Waals surface area contributed by atoms with Gasteiger partial charge in [-0.25, -0.2) is 8.42 Å². The fourth-order valence-electron chi connectivity index (χ4n) is 1.74. The van der Waals surface area contributed by atoms with E-state index in [1.165, 1.54) is 6.07 Å². The molecule has 2 aromatic rings. The minimum absolute atomic E-state index is 0.0320. The van der Waals surface area contributed by atoms with E-state index < -0.39 is 9.84 Å². The molecule has 0 atom stereocenters. The highest BCUT2D eigenvalue weighted by Gasteiger charge is 2.15. The molecule has 0 aliphatic carbocycles. The fourth-order valence-corrected chi connectivity index (χ4v) is 2.93. The van der Waals surface area contributed by atoms with E-state index in [0.29, 0.717) is 18.8 Å². The van der Waals surface area contributed by atoms with Gasteiger partial charge in [0.15, 0.2) is 14.9 Å². The molecule has 2 rings (SSSR count). The summed E-state index contributed by atoms with van der Waals surface area (Å²) in [5, 5.41) is 10.8. The van der Waals surface area contributed by atoms with Crippen molar-refractivity contribution in [2.24, 2.45) is 0 Å². The van der Waals surface area contributed by atoms with Crippen molar-refractivity contribution in [1.82, 2.24) is 10.2 Å². The second kappa shape index (κ2) is 6.47. The van der Waals surface area contributed by atoms with Crippen molar-refractivity contribution in [2.75, 3.05) is 11.1 Å². The quantitative estimate of drug-likeness (QED) is 0.884. The van der Waals surface area contributed by atoms with Gasteiger partial charge in [0.05, 0.1) is 5.75 Å². The normalized spacial score (nSPS) is 11.2. The van der Waals surface area contributed by atoms with E-state index in [1.54, 1.807) is 6.07 Å². The Morgan fingerprint density at radius 2 is 1.80 bits per heavy atom. The molecule has 0 amide bonds. The van der Waals surface area contributed by atoms with Crippen molar-refractivity contribution in [3.63, 3.8) is 0 Å². The number of benzene rings is 1. The molecule has 0 fully saturated rings. The maximum absolute atomic E-state index is 11.8. The SMILES string of the molecule is CCCS(=O)(=O)c1ccc(NCc2ccccc2)nn1. The number of hydrogen-bond donors (Lipinski definition) is 1. The molecule has 0 aliphatic rings. The molecule has 0 bridgehead atoms. The van der Waals surface area contributed by atoms with Crippen molar-refractivity contribution in [1.29, 1.82) is 0 Å². The van der Waals surface area contributed by atoms with Gasteiger partial charge in [0.2, 0.25) is 0 Å². The van der Waals surface area contributed by atoms with Crippen LogP contribution in [0.4, 0.5) is 5.82 Å². The second-order valence-electron chi connectivity index (χ2n) is 4.41. The van der Waals surface area contributed by atoms with E-state index in [0.717, 1.165) is 5.56 Å². The molecule has 6 heteroatoms. The molecule has 1 aromatic carbocycles. The van der Waals surface area contributed by atoms with Crippen molar-refractivity contribution in [2.45, 2.75) is 24.9 Å². The minimum atomic E-state index is -3.30. The highest BCUT2D eigenvalue weighted by Crippen LogP contribution is 2.11. The van der Waals surface area contributed by atoms with Crippen LogP contribution >= 0.6 is 0 Å². The molecule has 0 radical (unpaired) electrons. The maximum atomic E-state index is 11.8. The Morgan fingerprint density at radius 3 is 2.40 bits per heavy atom. The average molecular weight is 291 g/mol. The van der Waals surface area contributed by atoms with E-state index in [1.807, 2.05) is 37.3 Å². The topological polar surface area (TPSA) is 72.0 Å². The van der Waals surface area contributed by atoms with E-state index in [9.17, 15) is 8.42 Å². The molecule has 5 nitrogen and oxygen atoms in total. The first kappa shape index (κ1) is 14.5. The van der Waals surface area contributed by atoms with E-state index in [-0.39, 0.29) is 10.8 Å². The molecule has 0 unspecified atom stereocenters.